The Kier molecular flexibility index (Phi) is 3.01. The summed E-state index contributed by atoms with van der Waals surface area (Å²) in [5.74, 6) is 1.33. The molecule has 2 aromatic heterocycles. The maximum absolute atomic E-state index is 9.22. The second-order valence-corrected chi connectivity index (χ2v) is 4.37. The molecule has 0 amide bonds. The van der Waals surface area contributed by atoms with E-state index in [1.807, 2.05) is 31.3 Å². The van der Waals surface area contributed by atoms with Crippen molar-refractivity contribution in [2.24, 2.45) is 7.05 Å². The normalized spacial score (nSPS) is 10.4. The van der Waals surface area contributed by atoms with Crippen LogP contribution in [0.15, 0.2) is 36.7 Å². The molecule has 0 bridgehead atoms. The number of benzene rings is 1. The molecule has 0 saturated carbocycles. The fraction of sp³-hybridized carbons (Fsp3) is 0.143. The van der Waals surface area contributed by atoms with Crippen molar-refractivity contribution >= 4 is 16.7 Å². The third kappa shape index (κ3) is 2.29. The van der Waals surface area contributed by atoms with Gasteiger partial charge in [-0.1, -0.05) is 18.2 Å². The predicted molar refractivity (Wildman–Crippen MR) is 74.8 cm³/mol. The standard InChI is InChI=1S/C14H12N6/c1-20-9-17-14(19-20)8-16-13-6-10(7-15)11-4-2-3-5-12(11)18-13/h2-6,9H,8H2,1H3,(H,16,18). The molecule has 0 fully saturated rings. The summed E-state index contributed by atoms with van der Waals surface area (Å²) < 4.78 is 1.64. The van der Waals surface area contributed by atoms with Crippen molar-refractivity contribution in [2.75, 3.05) is 5.32 Å². The number of pyridine rings is 1. The van der Waals surface area contributed by atoms with Gasteiger partial charge < -0.3 is 5.32 Å². The zero-order chi connectivity index (χ0) is 13.9. The molecular weight excluding hydrogens is 252 g/mol. The second-order valence-electron chi connectivity index (χ2n) is 4.37. The molecular formula is C14H12N6. The van der Waals surface area contributed by atoms with Crippen molar-refractivity contribution in [1.82, 2.24) is 19.7 Å². The molecule has 0 aliphatic rings. The van der Waals surface area contributed by atoms with Crippen molar-refractivity contribution in [3.63, 3.8) is 0 Å². The highest BCUT2D eigenvalue weighted by molar-refractivity contribution is 5.86. The number of nitrogens with zero attached hydrogens (tertiary/aromatic N) is 5. The van der Waals surface area contributed by atoms with E-state index in [0.717, 1.165) is 10.9 Å². The Bertz CT molecular complexity index is 799. The summed E-state index contributed by atoms with van der Waals surface area (Å²) in [4.78, 5) is 8.61. The minimum Gasteiger partial charge on any atom is -0.363 e. The SMILES string of the molecule is Cn1cnc(CNc2cc(C#N)c3ccccc3n2)n1. The van der Waals surface area contributed by atoms with Crippen LogP contribution in [0.2, 0.25) is 0 Å². The number of nitriles is 1. The molecule has 20 heavy (non-hydrogen) atoms. The van der Waals surface area contributed by atoms with Gasteiger partial charge in [0.1, 0.15) is 12.1 Å². The van der Waals surface area contributed by atoms with Crippen LogP contribution >= 0.6 is 0 Å². The van der Waals surface area contributed by atoms with Gasteiger partial charge in [-0.25, -0.2) is 9.97 Å². The smallest absolute Gasteiger partial charge is 0.169 e. The molecule has 0 aliphatic heterocycles. The van der Waals surface area contributed by atoms with Gasteiger partial charge in [-0.05, 0) is 12.1 Å². The molecule has 0 spiro atoms. The average Bonchev–Trinajstić information content (AvgIpc) is 2.90. The predicted octanol–water partition coefficient (Wildman–Crippen LogP) is 1.85. The number of fused-ring (bicyclic) bond motifs is 1. The number of hydrogen-bond acceptors (Lipinski definition) is 5. The van der Waals surface area contributed by atoms with Gasteiger partial charge in [0.2, 0.25) is 0 Å². The summed E-state index contributed by atoms with van der Waals surface area (Å²) in [5, 5.41) is 17.4. The van der Waals surface area contributed by atoms with Gasteiger partial charge in [-0.15, -0.1) is 0 Å². The van der Waals surface area contributed by atoms with Crippen LogP contribution in [-0.2, 0) is 13.6 Å². The topological polar surface area (TPSA) is 79.4 Å². The Morgan fingerprint density at radius 3 is 2.95 bits per heavy atom. The highest BCUT2D eigenvalue weighted by Gasteiger charge is 2.05. The van der Waals surface area contributed by atoms with E-state index in [0.29, 0.717) is 23.8 Å². The molecule has 0 saturated heterocycles. The number of anilines is 1. The molecule has 2 heterocycles. The number of rotatable bonds is 3. The Morgan fingerprint density at radius 2 is 2.20 bits per heavy atom. The van der Waals surface area contributed by atoms with Crippen LogP contribution < -0.4 is 5.32 Å². The number of para-hydroxylation sites is 1. The molecule has 6 nitrogen and oxygen atoms in total. The van der Waals surface area contributed by atoms with E-state index >= 15 is 0 Å². The minimum atomic E-state index is 0.469. The molecule has 0 atom stereocenters. The van der Waals surface area contributed by atoms with Crippen molar-refractivity contribution < 1.29 is 0 Å². The van der Waals surface area contributed by atoms with Crippen LogP contribution in [-0.4, -0.2) is 19.7 Å². The lowest BCUT2D eigenvalue weighted by Gasteiger charge is -2.06. The highest BCUT2D eigenvalue weighted by atomic mass is 15.3. The fourth-order valence-corrected chi connectivity index (χ4v) is 1.99. The first-order valence-corrected chi connectivity index (χ1v) is 6.14. The molecule has 0 radical (unpaired) electrons. The maximum Gasteiger partial charge on any atom is 0.169 e. The zero-order valence-electron chi connectivity index (χ0n) is 10.9. The molecule has 0 aliphatic carbocycles. The molecule has 3 rings (SSSR count). The minimum absolute atomic E-state index is 0.469. The van der Waals surface area contributed by atoms with E-state index in [1.54, 1.807) is 17.1 Å². The summed E-state index contributed by atoms with van der Waals surface area (Å²) in [7, 11) is 1.82. The first-order chi connectivity index (χ1) is 9.76. The second kappa shape index (κ2) is 4.97. The van der Waals surface area contributed by atoms with E-state index in [9.17, 15) is 5.26 Å². The maximum atomic E-state index is 9.22. The molecule has 1 aromatic carbocycles. The summed E-state index contributed by atoms with van der Waals surface area (Å²) in [6.07, 6.45) is 1.64. The lowest BCUT2D eigenvalue weighted by atomic mass is 10.1. The third-order valence-corrected chi connectivity index (χ3v) is 2.91. The third-order valence-electron chi connectivity index (χ3n) is 2.91. The summed E-state index contributed by atoms with van der Waals surface area (Å²) >= 11 is 0. The largest absolute Gasteiger partial charge is 0.363 e. The molecule has 3 aromatic rings. The van der Waals surface area contributed by atoms with Crippen LogP contribution in [0.3, 0.4) is 0 Å². The van der Waals surface area contributed by atoms with E-state index in [-0.39, 0.29) is 0 Å². The first kappa shape index (κ1) is 12.1. The lowest BCUT2D eigenvalue weighted by Crippen LogP contribution is -2.04. The van der Waals surface area contributed by atoms with Crippen LogP contribution in [0.4, 0.5) is 5.82 Å². The fourth-order valence-electron chi connectivity index (χ4n) is 1.99. The molecule has 0 unspecified atom stereocenters. The average molecular weight is 264 g/mol. The van der Waals surface area contributed by atoms with Gasteiger partial charge in [-0.3, -0.25) is 4.68 Å². The van der Waals surface area contributed by atoms with E-state index < -0.39 is 0 Å². The Morgan fingerprint density at radius 1 is 1.35 bits per heavy atom. The molecule has 1 N–H and O–H groups in total. The van der Waals surface area contributed by atoms with Crippen LogP contribution in [0.25, 0.3) is 10.9 Å². The van der Waals surface area contributed by atoms with Crippen LogP contribution in [0.5, 0.6) is 0 Å². The summed E-state index contributed by atoms with van der Waals surface area (Å²) in [5.41, 5.74) is 1.40. The van der Waals surface area contributed by atoms with E-state index in [4.69, 9.17) is 0 Å². The van der Waals surface area contributed by atoms with E-state index in [1.165, 1.54) is 0 Å². The zero-order valence-corrected chi connectivity index (χ0v) is 10.9. The Hall–Kier alpha value is -2.94. The van der Waals surface area contributed by atoms with Crippen molar-refractivity contribution in [3.8, 4) is 6.07 Å². The number of aryl methyl sites for hydroxylation is 1. The molecule has 6 heteroatoms. The Balaban J connectivity index is 1.90. The van der Waals surface area contributed by atoms with Gasteiger partial charge >= 0.3 is 0 Å². The van der Waals surface area contributed by atoms with Crippen molar-refractivity contribution in [3.05, 3.63) is 48.0 Å². The lowest BCUT2D eigenvalue weighted by molar-refractivity contribution is 0.747. The van der Waals surface area contributed by atoms with Crippen molar-refractivity contribution in [2.45, 2.75) is 6.54 Å². The molecule has 98 valence electrons. The Labute approximate surface area is 115 Å². The van der Waals surface area contributed by atoms with Crippen molar-refractivity contribution in [1.29, 1.82) is 5.26 Å². The highest BCUT2D eigenvalue weighted by Crippen LogP contribution is 2.20. The van der Waals surface area contributed by atoms with Gasteiger partial charge in [-0.2, -0.15) is 10.4 Å². The first-order valence-electron chi connectivity index (χ1n) is 6.14. The number of aromatic nitrogens is 4. The van der Waals surface area contributed by atoms with E-state index in [2.05, 4.69) is 26.5 Å². The quantitative estimate of drug-likeness (QED) is 0.781. The number of hydrogen-bond donors (Lipinski definition) is 1. The van der Waals surface area contributed by atoms with Gasteiger partial charge in [0.15, 0.2) is 5.82 Å². The monoisotopic (exact) mass is 264 g/mol. The van der Waals surface area contributed by atoms with Gasteiger partial charge in [0, 0.05) is 12.4 Å². The van der Waals surface area contributed by atoms with Crippen LogP contribution in [0, 0.1) is 11.3 Å². The summed E-state index contributed by atoms with van der Waals surface area (Å²) in [6, 6.07) is 11.5. The summed E-state index contributed by atoms with van der Waals surface area (Å²) in [6.45, 7) is 0.469. The van der Waals surface area contributed by atoms with Gasteiger partial charge in [0.05, 0.1) is 23.7 Å². The van der Waals surface area contributed by atoms with Gasteiger partial charge in [0.25, 0.3) is 0 Å². The van der Waals surface area contributed by atoms with Crippen LogP contribution in [0.1, 0.15) is 11.4 Å². The number of nitrogens with one attached hydrogen (secondary N) is 1.